The molecule has 20 heavy (non-hydrogen) atoms. The standard InChI is InChI=1S/C15H19N3O2/c1-10-11(15(19)20)7-8-18(10)9-13-12-5-3-4-6-14(12)17(2)16-13/h3-6,10-11H,7-9H2,1-2H3,(H,19,20). The third kappa shape index (κ3) is 2.08. The molecule has 1 aliphatic rings. The van der Waals surface area contributed by atoms with Crippen LogP contribution in [-0.2, 0) is 18.4 Å². The Kier molecular flexibility index (Phi) is 3.22. The fourth-order valence-corrected chi connectivity index (χ4v) is 3.15. The van der Waals surface area contributed by atoms with Gasteiger partial charge in [-0.25, -0.2) is 0 Å². The Morgan fingerprint density at radius 3 is 2.90 bits per heavy atom. The molecule has 2 atom stereocenters. The molecule has 106 valence electrons. The van der Waals surface area contributed by atoms with E-state index < -0.39 is 5.97 Å². The summed E-state index contributed by atoms with van der Waals surface area (Å²) in [6.45, 7) is 3.53. The van der Waals surface area contributed by atoms with Crippen LogP contribution >= 0.6 is 0 Å². The van der Waals surface area contributed by atoms with Crippen LogP contribution in [0.3, 0.4) is 0 Å². The number of aliphatic carboxylic acids is 1. The second kappa shape index (κ2) is 4.90. The molecule has 3 rings (SSSR count). The molecular formula is C15H19N3O2. The minimum atomic E-state index is -0.689. The van der Waals surface area contributed by atoms with E-state index in [0.717, 1.165) is 29.6 Å². The Balaban J connectivity index is 1.86. The molecule has 1 aliphatic heterocycles. The van der Waals surface area contributed by atoms with Crippen molar-refractivity contribution in [2.24, 2.45) is 13.0 Å². The summed E-state index contributed by atoms with van der Waals surface area (Å²) in [4.78, 5) is 13.4. The van der Waals surface area contributed by atoms with Crippen LogP contribution in [0.15, 0.2) is 24.3 Å². The van der Waals surface area contributed by atoms with E-state index in [-0.39, 0.29) is 12.0 Å². The number of nitrogens with zero attached hydrogens (tertiary/aromatic N) is 3. The summed E-state index contributed by atoms with van der Waals surface area (Å²) in [5, 5.41) is 14.9. The van der Waals surface area contributed by atoms with E-state index in [1.807, 2.05) is 30.8 Å². The van der Waals surface area contributed by atoms with Crippen molar-refractivity contribution in [3.8, 4) is 0 Å². The van der Waals surface area contributed by atoms with Gasteiger partial charge in [0.15, 0.2) is 0 Å². The maximum Gasteiger partial charge on any atom is 0.308 e. The van der Waals surface area contributed by atoms with Crippen molar-refractivity contribution in [1.82, 2.24) is 14.7 Å². The lowest BCUT2D eigenvalue weighted by Gasteiger charge is -2.22. The first-order valence-electron chi connectivity index (χ1n) is 6.95. The molecule has 2 aromatic rings. The molecule has 0 spiro atoms. The molecule has 2 unspecified atom stereocenters. The second-order valence-corrected chi connectivity index (χ2v) is 5.53. The smallest absolute Gasteiger partial charge is 0.308 e. The lowest BCUT2D eigenvalue weighted by molar-refractivity contribution is -0.142. The van der Waals surface area contributed by atoms with Gasteiger partial charge in [-0.3, -0.25) is 14.4 Å². The van der Waals surface area contributed by atoms with Gasteiger partial charge < -0.3 is 5.11 Å². The largest absolute Gasteiger partial charge is 0.481 e. The predicted octanol–water partition coefficient (Wildman–Crippen LogP) is 1.87. The van der Waals surface area contributed by atoms with Crippen LogP contribution < -0.4 is 0 Å². The van der Waals surface area contributed by atoms with E-state index >= 15 is 0 Å². The summed E-state index contributed by atoms with van der Waals surface area (Å²) in [7, 11) is 1.94. The number of aromatic nitrogens is 2. The monoisotopic (exact) mass is 273 g/mol. The summed E-state index contributed by atoms with van der Waals surface area (Å²) in [5.41, 5.74) is 2.14. The first kappa shape index (κ1) is 13.1. The molecule has 0 bridgehead atoms. The topological polar surface area (TPSA) is 58.4 Å². The third-order valence-electron chi connectivity index (χ3n) is 4.39. The molecule has 1 fully saturated rings. The van der Waals surface area contributed by atoms with E-state index in [1.54, 1.807) is 0 Å². The van der Waals surface area contributed by atoms with Crippen molar-refractivity contribution >= 4 is 16.9 Å². The zero-order valence-electron chi connectivity index (χ0n) is 11.8. The van der Waals surface area contributed by atoms with Crippen LogP contribution in [0.5, 0.6) is 0 Å². The fourth-order valence-electron chi connectivity index (χ4n) is 3.15. The number of fused-ring (bicyclic) bond motifs is 1. The van der Waals surface area contributed by atoms with E-state index in [4.69, 9.17) is 0 Å². The number of aryl methyl sites for hydroxylation is 1. The Labute approximate surface area is 117 Å². The normalized spacial score (nSPS) is 23.5. The maximum absolute atomic E-state index is 11.2. The number of carboxylic acid groups (broad SMARTS) is 1. The van der Waals surface area contributed by atoms with Gasteiger partial charge >= 0.3 is 5.97 Å². The quantitative estimate of drug-likeness (QED) is 0.927. The molecule has 0 saturated carbocycles. The van der Waals surface area contributed by atoms with Crippen molar-refractivity contribution in [2.75, 3.05) is 6.54 Å². The van der Waals surface area contributed by atoms with Gasteiger partial charge in [-0.2, -0.15) is 5.10 Å². The van der Waals surface area contributed by atoms with Crippen LogP contribution in [0.25, 0.3) is 10.9 Å². The lowest BCUT2D eigenvalue weighted by atomic mass is 10.0. The first-order chi connectivity index (χ1) is 9.58. The molecule has 1 aromatic heterocycles. The third-order valence-corrected chi connectivity index (χ3v) is 4.39. The number of hydrogen-bond donors (Lipinski definition) is 1. The summed E-state index contributed by atoms with van der Waals surface area (Å²) in [6, 6.07) is 8.22. The summed E-state index contributed by atoms with van der Waals surface area (Å²) >= 11 is 0. The first-order valence-corrected chi connectivity index (χ1v) is 6.95. The van der Waals surface area contributed by atoms with Gasteiger partial charge in [0.2, 0.25) is 0 Å². The van der Waals surface area contributed by atoms with Crippen LogP contribution in [0.1, 0.15) is 19.0 Å². The Morgan fingerprint density at radius 1 is 1.45 bits per heavy atom. The van der Waals surface area contributed by atoms with E-state index in [9.17, 15) is 9.90 Å². The van der Waals surface area contributed by atoms with Crippen molar-refractivity contribution in [2.45, 2.75) is 25.9 Å². The zero-order valence-corrected chi connectivity index (χ0v) is 11.8. The minimum absolute atomic E-state index is 0.0632. The van der Waals surface area contributed by atoms with Gasteiger partial charge in [0.05, 0.1) is 17.1 Å². The number of carboxylic acids is 1. The van der Waals surface area contributed by atoms with Crippen LogP contribution in [0.4, 0.5) is 0 Å². The average Bonchev–Trinajstić information content (AvgIpc) is 2.93. The highest BCUT2D eigenvalue weighted by atomic mass is 16.4. The fraction of sp³-hybridized carbons (Fsp3) is 0.467. The Hall–Kier alpha value is -1.88. The van der Waals surface area contributed by atoms with Gasteiger partial charge in [0.25, 0.3) is 0 Å². The molecule has 5 heteroatoms. The summed E-state index contributed by atoms with van der Waals surface area (Å²) in [5.74, 6) is -0.948. The zero-order chi connectivity index (χ0) is 14.3. The SMILES string of the molecule is CC1C(C(=O)O)CCN1Cc1nn(C)c2ccccc12. The minimum Gasteiger partial charge on any atom is -0.481 e. The van der Waals surface area contributed by atoms with E-state index in [2.05, 4.69) is 22.1 Å². The highest BCUT2D eigenvalue weighted by molar-refractivity contribution is 5.81. The van der Waals surface area contributed by atoms with Crippen molar-refractivity contribution < 1.29 is 9.90 Å². The molecule has 1 aromatic carbocycles. The number of carbonyl (C=O) groups is 1. The van der Waals surface area contributed by atoms with Gasteiger partial charge in [0, 0.05) is 25.0 Å². The highest BCUT2D eigenvalue weighted by Crippen LogP contribution is 2.27. The molecule has 0 aliphatic carbocycles. The molecule has 1 N–H and O–H groups in total. The maximum atomic E-state index is 11.2. The van der Waals surface area contributed by atoms with Crippen LogP contribution in [-0.4, -0.2) is 38.3 Å². The second-order valence-electron chi connectivity index (χ2n) is 5.53. The van der Waals surface area contributed by atoms with Gasteiger partial charge in [-0.15, -0.1) is 0 Å². The molecule has 1 saturated heterocycles. The van der Waals surface area contributed by atoms with Crippen molar-refractivity contribution in [3.05, 3.63) is 30.0 Å². The average molecular weight is 273 g/mol. The molecule has 0 amide bonds. The molecular weight excluding hydrogens is 254 g/mol. The van der Waals surface area contributed by atoms with Crippen molar-refractivity contribution in [1.29, 1.82) is 0 Å². The van der Waals surface area contributed by atoms with Crippen molar-refractivity contribution in [3.63, 3.8) is 0 Å². The Bertz CT molecular complexity index is 650. The molecule has 5 nitrogen and oxygen atoms in total. The number of benzene rings is 1. The molecule has 0 radical (unpaired) electrons. The van der Waals surface area contributed by atoms with Crippen LogP contribution in [0.2, 0.25) is 0 Å². The lowest BCUT2D eigenvalue weighted by Crippen LogP contribution is -2.32. The number of para-hydroxylation sites is 1. The van der Waals surface area contributed by atoms with E-state index in [0.29, 0.717) is 6.54 Å². The number of rotatable bonds is 3. The van der Waals surface area contributed by atoms with Gasteiger partial charge in [-0.1, -0.05) is 18.2 Å². The summed E-state index contributed by atoms with van der Waals surface area (Å²) in [6.07, 6.45) is 0.723. The highest BCUT2D eigenvalue weighted by Gasteiger charge is 2.35. The van der Waals surface area contributed by atoms with Gasteiger partial charge in [0.1, 0.15) is 0 Å². The van der Waals surface area contributed by atoms with Crippen LogP contribution in [0, 0.1) is 5.92 Å². The molecule has 2 heterocycles. The van der Waals surface area contributed by atoms with E-state index in [1.165, 1.54) is 0 Å². The number of likely N-dealkylation sites (tertiary alicyclic amines) is 1. The number of hydrogen-bond acceptors (Lipinski definition) is 3. The summed E-state index contributed by atoms with van der Waals surface area (Å²) < 4.78 is 1.89. The van der Waals surface area contributed by atoms with Gasteiger partial charge in [-0.05, 0) is 26.0 Å². The Morgan fingerprint density at radius 2 is 2.20 bits per heavy atom. The predicted molar refractivity (Wildman–Crippen MR) is 76.3 cm³/mol.